The van der Waals surface area contributed by atoms with E-state index in [1.807, 2.05) is 0 Å². The van der Waals surface area contributed by atoms with Crippen LogP contribution in [0.1, 0.15) is 23.4 Å². The van der Waals surface area contributed by atoms with E-state index >= 15 is 0 Å². The Kier molecular flexibility index (Phi) is 5.02. The van der Waals surface area contributed by atoms with Gasteiger partial charge in [-0.1, -0.05) is 5.16 Å². The average molecular weight is 344 g/mol. The monoisotopic (exact) mass is 344 g/mol. The molecular weight excluding hydrogens is 320 g/mol. The fourth-order valence-corrected chi connectivity index (χ4v) is 3.81. The van der Waals surface area contributed by atoms with Crippen LogP contribution >= 0.6 is 0 Å². The number of morpholine rings is 1. The van der Waals surface area contributed by atoms with Crippen molar-refractivity contribution in [1.29, 1.82) is 0 Å². The number of hydrogen-bond donors (Lipinski definition) is 1. The molecule has 1 aromatic rings. The van der Waals surface area contributed by atoms with E-state index in [2.05, 4.69) is 14.8 Å². The maximum absolute atomic E-state index is 12.0. The highest BCUT2D eigenvalue weighted by molar-refractivity contribution is 7.87. The average Bonchev–Trinajstić information content (AvgIpc) is 2.90. The van der Waals surface area contributed by atoms with Gasteiger partial charge >= 0.3 is 0 Å². The van der Waals surface area contributed by atoms with Crippen LogP contribution < -0.4 is 4.72 Å². The van der Waals surface area contributed by atoms with Gasteiger partial charge in [-0.05, 0) is 12.8 Å². The topological polar surface area (TPSA) is 87.9 Å². The van der Waals surface area contributed by atoms with Crippen molar-refractivity contribution in [3.8, 4) is 0 Å². The minimum absolute atomic E-state index is 0.113. The third-order valence-electron chi connectivity index (χ3n) is 4.39. The number of nitrogens with one attached hydrogen (secondary N) is 1. The number of nitrogens with zero attached hydrogens (tertiary/aromatic N) is 3. The highest BCUT2D eigenvalue weighted by Crippen LogP contribution is 2.26. The van der Waals surface area contributed by atoms with E-state index < -0.39 is 10.2 Å². The summed E-state index contributed by atoms with van der Waals surface area (Å²) in [5.41, 5.74) is 1.99. The van der Waals surface area contributed by atoms with E-state index in [9.17, 15) is 8.42 Å². The van der Waals surface area contributed by atoms with E-state index in [-0.39, 0.29) is 6.04 Å². The van der Waals surface area contributed by atoms with Crippen LogP contribution in [-0.2, 0) is 34.3 Å². The van der Waals surface area contributed by atoms with Crippen LogP contribution in [0.25, 0.3) is 0 Å². The zero-order valence-corrected chi connectivity index (χ0v) is 14.4. The van der Waals surface area contributed by atoms with Gasteiger partial charge in [0.05, 0.1) is 13.2 Å². The van der Waals surface area contributed by atoms with Gasteiger partial charge in [-0.25, -0.2) is 0 Å². The minimum atomic E-state index is -3.42. The highest BCUT2D eigenvalue weighted by Gasteiger charge is 2.29. The van der Waals surface area contributed by atoms with E-state index in [1.165, 1.54) is 18.4 Å². The molecule has 3 rings (SSSR count). The lowest BCUT2D eigenvalue weighted by Crippen LogP contribution is -2.44. The zero-order chi connectivity index (χ0) is 16.4. The van der Waals surface area contributed by atoms with Crippen LogP contribution in [-0.4, -0.2) is 69.2 Å². The maximum atomic E-state index is 12.0. The molecular formula is C14H24N4O4S. The number of aryl methyl sites for hydroxylation is 1. The van der Waals surface area contributed by atoms with Crippen LogP contribution in [0.4, 0.5) is 0 Å². The van der Waals surface area contributed by atoms with Gasteiger partial charge < -0.3 is 9.26 Å². The Morgan fingerprint density at radius 1 is 1.35 bits per heavy atom. The zero-order valence-electron chi connectivity index (χ0n) is 13.6. The second-order valence-corrected chi connectivity index (χ2v) is 8.18. The number of hydrogen-bond acceptors (Lipinski definition) is 6. The van der Waals surface area contributed by atoms with E-state index in [4.69, 9.17) is 9.26 Å². The number of fused-ring (bicyclic) bond motifs is 1. The molecule has 2 aliphatic rings. The molecule has 1 atom stereocenters. The predicted molar refractivity (Wildman–Crippen MR) is 84.2 cm³/mol. The van der Waals surface area contributed by atoms with Crippen LogP contribution in [0, 0.1) is 0 Å². The Morgan fingerprint density at radius 3 is 2.78 bits per heavy atom. The smallest absolute Gasteiger partial charge is 0.279 e. The summed E-state index contributed by atoms with van der Waals surface area (Å²) in [6, 6.07) is -0.113. The van der Waals surface area contributed by atoms with Gasteiger partial charge in [0.15, 0.2) is 0 Å². The molecule has 0 amide bonds. The summed E-state index contributed by atoms with van der Waals surface area (Å²) in [4.78, 5) is 2.29. The third-order valence-corrected chi connectivity index (χ3v) is 5.99. The standard InChI is InChI=1S/C14H24N4O4S/c1-17(2)23(19,20)16-11-3-4-14-12(9-11)13(15-22-14)10-18-5-7-21-8-6-18/h11,16H,3-10H2,1-2H3. The van der Waals surface area contributed by atoms with Crippen molar-refractivity contribution < 1.29 is 17.7 Å². The summed E-state index contributed by atoms with van der Waals surface area (Å²) in [7, 11) is -0.363. The van der Waals surface area contributed by atoms with Gasteiger partial charge in [0.2, 0.25) is 0 Å². The molecule has 1 unspecified atom stereocenters. The van der Waals surface area contributed by atoms with Gasteiger partial charge in [-0.2, -0.15) is 17.4 Å². The van der Waals surface area contributed by atoms with Crippen molar-refractivity contribution in [2.75, 3.05) is 40.4 Å². The second kappa shape index (κ2) is 6.86. The first kappa shape index (κ1) is 16.8. The first-order valence-corrected chi connectivity index (χ1v) is 9.36. The molecule has 1 aromatic heterocycles. The largest absolute Gasteiger partial charge is 0.379 e. The van der Waals surface area contributed by atoms with E-state index in [1.54, 1.807) is 0 Å². The summed E-state index contributed by atoms with van der Waals surface area (Å²) in [6.07, 6.45) is 2.07. The van der Waals surface area contributed by atoms with Gasteiger partial charge in [0, 0.05) is 51.8 Å². The quantitative estimate of drug-likeness (QED) is 0.793. The molecule has 0 bridgehead atoms. The van der Waals surface area contributed by atoms with E-state index in [0.717, 1.165) is 56.3 Å². The summed E-state index contributed by atoms with van der Waals surface area (Å²) < 4.78 is 38.8. The molecule has 0 spiro atoms. The molecule has 9 heteroatoms. The second-order valence-electron chi connectivity index (χ2n) is 6.26. The first-order chi connectivity index (χ1) is 11.0. The Balaban J connectivity index is 1.68. The highest BCUT2D eigenvalue weighted by atomic mass is 32.2. The van der Waals surface area contributed by atoms with Crippen LogP contribution in [0.2, 0.25) is 0 Å². The molecule has 1 saturated heterocycles. The summed E-state index contributed by atoms with van der Waals surface area (Å²) in [6.45, 7) is 3.99. The Bertz CT molecular complexity index is 637. The predicted octanol–water partition coefficient (Wildman–Crippen LogP) is -0.240. The molecule has 1 fully saturated rings. The van der Waals surface area contributed by atoms with Crippen molar-refractivity contribution in [3.63, 3.8) is 0 Å². The maximum Gasteiger partial charge on any atom is 0.279 e. The minimum Gasteiger partial charge on any atom is -0.379 e. The lowest BCUT2D eigenvalue weighted by atomic mass is 9.92. The molecule has 23 heavy (non-hydrogen) atoms. The number of ether oxygens (including phenoxy) is 1. The van der Waals surface area contributed by atoms with Crippen LogP contribution in [0.15, 0.2) is 4.52 Å². The van der Waals surface area contributed by atoms with Crippen molar-refractivity contribution in [3.05, 3.63) is 17.0 Å². The lowest BCUT2D eigenvalue weighted by Gasteiger charge is -2.27. The van der Waals surface area contributed by atoms with Gasteiger partial charge in [0.1, 0.15) is 11.5 Å². The molecule has 0 aromatic carbocycles. The Labute approximate surface area is 136 Å². The molecule has 1 N–H and O–H groups in total. The molecule has 0 radical (unpaired) electrons. The van der Waals surface area contributed by atoms with Gasteiger partial charge in [0.25, 0.3) is 10.2 Å². The molecule has 1 aliphatic carbocycles. The fourth-order valence-electron chi connectivity index (χ4n) is 2.98. The Morgan fingerprint density at radius 2 is 2.09 bits per heavy atom. The molecule has 1 aliphatic heterocycles. The molecule has 0 saturated carbocycles. The van der Waals surface area contributed by atoms with Crippen molar-refractivity contribution >= 4 is 10.2 Å². The normalized spacial score (nSPS) is 23.2. The van der Waals surface area contributed by atoms with Crippen molar-refractivity contribution in [1.82, 2.24) is 19.1 Å². The van der Waals surface area contributed by atoms with Crippen LogP contribution in [0.5, 0.6) is 0 Å². The van der Waals surface area contributed by atoms with Crippen molar-refractivity contribution in [2.45, 2.75) is 31.8 Å². The lowest BCUT2D eigenvalue weighted by molar-refractivity contribution is 0.0331. The van der Waals surface area contributed by atoms with E-state index in [0.29, 0.717) is 12.8 Å². The third kappa shape index (κ3) is 3.92. The van der Waals surface area contributed by atoms with Crippen molar-refractivity contribution in [2.24, 2.45) is 0 Å². The van der Waals surface area contributed by atoms with Gasteiger partial charge in [-0.3, -0.25) is 4.90 Å². The number of rotatable bonds is 5. The molecule has 2 heterocycles. The van der Waals surface area contributed by atoms with Gasteiger partial charge in [-0.15, -0.1) is 0 Å². The SMILES string of the molecule is CN(C)S(=O)(=O)NC1CCc2onc(CN3CCOCC3)c2C1. The fraction of sp³-hybridized carbons (Fsp3) is 0.786. The van der Waals surface area contributed by atoms with Crippen LogP contribution in [0.3, 0.4) is 0 Å². The molecule has 130 valence electrons. The first-order valence-electron chi connectivity index (χ1n) is 7.92. The summed E-state index contributed by atoms with van der Waals surface area (Å²) in [5, 5.41) is 4.21. The number of aromatic nitrogens is 1. The summed E-state index contributed by atoms with van der Waals surface area (Å²) >= 11 is 0. The Hall–Kier alpha value is -1.00. The molecule has 8 nitrogen and oxygen atoms in total. The summed E-state index contributed by atoms with van der Waals surface area (Å²) in [5.74, 6) is 0.897.